The number of hydrogen-bond donors (Lipinski definition) is 1. The van der Waals surface area contributed by atoms with Crippen LogP contribution < -0.4 is 10.1 Å². The molecule has 1 amide bonds. The van der Waals surface area contributed by atoms with E-state index in [1.54, 1.807) is 26.1 Å². The number of carbonyl (C=O) groups is 1. The molecular formula is C44H43ClFNO7. The van der Waals surface area contributed by atoms with E-state index in [0.717, 1.165) is 16.7 Å². The molecule has 2 aliphatic rings. The molecule has 10 heteroatoms. The molecule has 0 saturated carbocycles. The summed E-state index contributed by atoms with van der Waals surface area (Å²) in [6.45, 7) is 2.59. The first-order chi connectivity index (χ1) is 26.3. The highest BCUT2D eigenvalue weighted by atomic mass is 35.5. The molecule has 7 rings (SSSR count). The van der Waals surface area contributed by atoms with Crippen molar-refractivity contribution in [2.24, 2.45) is 0 Å². The van der Waals surface area contributed by atoms with Gasteiger partial charge in [-0.05, 0) is 65.4 Å². The normalized spacial score (nSPS) is 23.2. The summed E-state index contributed by atoms with van der Waals surface area (Å²) >= 11 is 6.81. The lowest BCUT2D eigenvalue weighted by Gasteiger charge is -2.50. The predicted molar refractivity (Wildman–Crippen MR) is 202 cm³/mol. The number of amides is 1. The van der Waals surface area contributed by atoms with Crippen LogP contribution in [0, 0.1) is 5.82 Å². The molecule has 0 aliphatic carbocycles. The number of nitrogens with one attached hydrogen (secondary N) is 1. The molecule has 54 heavy (non-hydrogen) atoms. The van der Waals surface area contributed by atoms with Crippen LogP contribution in [-0.4, -0.2) is 50.1 Å². The number of likely N-dealkylation sites (N-methyl/N-ethyl adjacent to an activating group) is 1. The van der Waals surface area contributed by atoms with Crippen molar-refractivity contribution in [3.63, 3.8) is 0 Å². The summed E-state index contributed by atoms with van der Waals surface area (Å²) in [5, 5.41) is 3.27. The van der Waals surface area contributed by atoms with Crippen LogP contribution in [0.1, 0.15) is 40.3 Å². The zero-order valence-electron chi connectivity index (χ0n) is 30.2. The van der Waals surface area contributed by atoms with Gasteiger partial charge in [0.25, 0.3) is 5.91 Å². The highest BCUT2D eigenvalue weighted by Crippen LogP contribution is 2.53. The minimum absolute atomic E-state index is 0.148. The van der Waals surface area contributed by atoms with E-state index in [1.807, 2.05) is 109 Å². The van der Waals surface area contributed by atoms with Crippen molar-refractivity contribution in [1.29, 1.82) is 0 Å². The third-order valence-corrected chi connectivity index (χ3v) is 10.2. The average Bonchev–Trinajstić information content (AvgIpc) is 3.57. The van der Waals surface area contributed by atoms with Crippen molar-refractivity contribution in [2.75, 3.05) is 20.3 Å². The second kappa shape index (κ2) is 16.8. The van der Waals surface area contributed by atoms with E-state index in [-0.39, 0.29) is 32.2 Å². The standard InChI is InChI=1S/C44H43ClFNO7/c1-3-49-38-22-19-33(24-37(38)46)23-34-25-35(20-21-36(34)45)44-41(52-28-32-17-11-6-12-18-32)39(50-26-30-13-7-4-8-14-30)40(51-27-31-15-9-5-10-16-31)43(54-44,29-53-44)42(48)47-2/h4-22,24-25,39-41H,3,23,26-29H2,1-2H3,(H,47,48)/t39-,40-,41+,43-,44-/m0/s1. The van der Waals surface area contributed by atoms with Crippen molar-refractivity contribution in [2.45, 2.75) is 62.9 Å². The molecule has 2 saturated heterocycles. The monoisotopic (exact) mass is 751 g/mol. The van der Waals surface area contributed by atoms with E-state index < -0.39 is 41.4 Å². The molecule has 0 unspecified atom stereocenters. The second-order valence-electron chi connectivity index (χ2n) is 13.4. The first-order valence-electron chi connectivity index (χ1n) is 18.1. The van der Waals surface area contributed by atoms with Gasteiger partial charge in [0.15, 0.2) is 11.6 Å². The van der Waals surface area contributed by atoms with Gasteiger partial charge in [-0.1, -0.05) is 115 Å². The van der Waals surface area contributed by atoms with Crippen LogP contribution in [0.25, 0.3) is 0 Å². The maximum Gasteiger partial charge on any atom is 0.257 e. The van der Waals surface area contributed by atoms with Gasteiger partial charge in [-0.2, -0.15) is 0 Å². The molecule has 0 aromatic heterocycles. The van der Waals surface area contributed by atoms with Gasteiger partial charge < -0.3 is 33.7 Å². The number of ether oxygens (including phenoxy) is 6. The molecule has 8 nitrogen and oxygen atoms in total. The number of carbonyl (C=O) groups excluding carboxylic acids is 1. The van der Waals surface area contributed by atoms with Crippen molar-refractivity contribution < 1.29 is 37.6 Å². The summed E-state index contributed by atoms with van der Waals surface area (Å²) in [7, 11) is 1.56. The molecule has 1 N–H and O–H groups in total. The first-order valence-corrected chi connectivity index (χ1v) is 18.5. The van der Waals surface area contributed by atoms with Crippen molar-refractivity contribution in [3.05, 3.63) is 172 Å². The molecule has 5 aromatic rings. The molecule has 2 heterocycles. The number of benzene rings is 5. The van der Waals surface area contributed by atoms with Crippen LogP contribution in [0.3, 0.4) is 0 Å². The fraction of sp³-hybridized carbons (Fsp3) is 0.295. The Morgan fingerprint density at radius 3 is 1.94 bits per heavy atom. The molecule has 2 aliphatic heterocycles. The quantitative estimate of drug-likeness (QED) is 0.116. The minimum Gasteiger partial charge on any atom is -0.491 e. The number of rotatable bonds is 15. The van der Waals surface area contributed by atoms with Crippen LogP contribution in [0.5, 0.6) is 5.75 Å². The SMILES string of the molecule is CCOc1ccc(Cc2cc([C@]34OC[C@](C(=O)NC)(O3)[C@@H](OCc3ccccc3)[C@H](OCc3ccccc3)[C@H]4OCc3ccccc3)ccc2Cl)cc1F. The van der Waals surface area contributed by atoms with Crippen LogP contribution in [0.2, 0.25) is 5.02 Å². The summed E-state index contributed by atoms with van der Waals surface area (Å²) in [4.78, 5) is 14.2. The lowest BCUT2D eigenvalue weighted by Crippen LogP contribution is -2.70. The van der Waals surface area contributed by atoms with Gasteiger partial charge in [0.2, 0.25) is 11.4 Å². The Morgan fingerprint density at radius 2 is 1.37 bits per heavy atom. The second-order valence-corrected chi connectivity index (χ2v) is 13.8. The predicted octanol–water partition coefficient (Wildman–Crippen LogP) is 7.92. The van der Waals surface area contributed by atoms with Gasteiger partial charge in [0.05, 0.1) is 33.0 Å². The van der Waals surface area contributed by atoms with Crippen LogP contribution in [0.4, 0.5) is 4.39 Å². The highest BCUT2D eigenvalue weighted by Gasteiger charge is 2.72. The Morgan fingerprint density at radius 1 is 0.778 bits per heavy atom. The topological polar surface area (TPSA) is 84.5 Å². The molecule has 5 aromatic carbocycles. The lowest BCUT2D eigenvalue weighted by molar-refractivity contribution is -0.343. The molecule has 5 atom stereocenters. The largest absolute Gasteiger partial charge is 0.491 e. The fourth-order valence-corrected chi connectivity index (χ4v) is 7.38. The Labute approximate surface area is 320 Å². The van der Waals surface area contributed by atoms with E-state index >= 15 is 0 Å². The Bertz CT molecular complexity index is 2020. The van der Waals surface area contributed by atoms with E-state index in [0.29, 0.717) is 34.7 Å². The molecular weight excluding hydrogens is 709 g/mol. The van der Waals surface area contributed by atoms with Gasteiger partial charge in [-0.15, -0.1) is 0 Å². The zero-order chi connectivity index (χ0) is 37.5. The van der Waals surface area contributed by atoms with Gasteiger partial charge in [-0.3, -0.25) is 4.79 Å². The molecule has 2 fully saturated rings. The summed E-state index contributed by atoms with van der Waals surface area (Å²) in [5.74, 6) is -2.33. The van der Waals surface area contributed by atoms with Crippen LogP contribution in [-0.2, 0) is 60.5 Å². The van der Waals surface area contributed by atoms with E-state index in [2.05, 4.69) is 5.32 Å². The molecule has 2 bridgehead atoms. The first kappa shape index (κ1) is 37.7. The maximum absolute atomic E-state index is 14.9. The van der Waals surface area contributed by atoms with Crippen LogP contribution >= 0.6 is 11.6 Å². The van der Waals surface area contributed by atoms with Crippen molar-refractivity contribution in [1.82, 2.24) is 5.32 Å². The maximum atomic E-state index is 14.9. The van der Waals surface area contributed by atoms with Crippen molar-refractivity contribution in [3.8, 4) is 5.75 Å². The third kappa shape index (κ3) is 7.79. The number of hydrogen-bond acceptors (Lipinski definition) is 7. The molecule has 280 valence electrons. The summed E-state index contributed by atoms with van der Waals surface area (Å²) in [6.07, 6.45) is -2.47. The fourth-order valence-electron chi connectivity index (χ4n) is 7.19. The van der Waals surface area contributed by atoms with E-state index in [9.17, 15) is 9.18 Å². The Balaban J connectivity index is 1.33. The van der Waals surface area contributed by atoms with Gasteiger partial charge >= 0.3 is 0 Å². The highest BCUT2D eigenvalue weighted by molar-refractivity contribution is 6.31. The third-order valence-electron chi connectivity index (χ3n) is 9.85. The smallest absolute Gasteiger partial charge is 0.257 e. The van der Waals surface area contributed by atoms with E-state index in [1.165, 1.54) is 6.07 Å². The van der Waals surface area contributed by atoms with Gasteiger partial charge in [0.1, 0.15) is 18.3 Å². The minimum atomic E-state index is -1.64. The lowest BCUT2D eigenvalue weighted by atomic mass is 9.82. The Hall–Kier alpha value is -4.61. The van der Waals surface area contributed by atoms with Gasteiger partial charge in [0, 0.05) is 17.6 Å². The number of fused-ring (bicyclic) bond motifs is 2. The Kier molecular flexibility index (Phi) is 11.7. The summed E-state index contributed by atoms with van der Waals surface area (Å²) < 4.78 is 54.5. The number of halogens is 2. The average molecular weight is 752 g/mol. The zero-order valence-corrected chi connectivity index (χ0v) is 31.0. The summed E-state index contributed by atoms with van der Waals surface area (Å²) in [5.41, 5.74) is 3.09. The molecule has 0 radical (unpaired) electrons. The van der Waals surface area contributed by atoms with E-state index in [4.69, 9.17) is 40.0 Å². The van der Waals surface area contributed by atoms with Crippen molar-refractivity contribution >= 4 is 17.5 Å². The van der Waals surface area contributed by atoms with Gasteiger partial charge in [-0.25, -0.2) is 4.39 Å². The summed E-state index contributed by atoms with van der Waals surface area (Å²) in [6, 6.07) is 39.6. The van der Waals surface area contributed by atoms with Crippen LogP contribution in [0.15, 0.2) is 127 Å². The molecule has 0 spiro atoms.